The Morgan fingerprint density at radius 2 is 1.48 bits per heavy atom. The quantitative estimate of drug-likeness (QED) is 0.437. The van der Waals surface area contributed by atoms with Gasteiger partial charge in [0, 0.05) is 24.0 Å². The first-order valence-corrected chi connectivity index (χ1v) is 12.0. The molecule has 0 radical (unpaired) electrons. The fraction of sp³-hybridized carbons (Fsp3) is 0.192. The topological polar surface area (TPSA) is 70.2 Å². The first kappa shape index (κ1) is 22.9. The lowest BCUT2D eigenvalue weighted by Gasteiger charge is -2.23. The number of aromatic amines is 1. The zero-order valence-electron chi connectivity index (χ0n) is 18.7. The fourth-order valence-electron chi connectivity index (χ4n) is 3.80. The van der Waals surface area contributed by atoms with E-state index in [-0.39, 0.29) is 23.5 Å². The molecule has 0 bridgehead atoms. The Bertz CT molecular complexity index is 1480. The number of fused-ring (bicyclic) bond motifs is 1. The molecule has 0 amide bonds. The Labute approximate surface area is 192 Å². The molecule has 0 aliphatic heterocycles. The Balaban J connectivity index is 1.80. The van der Waals surface area contributed by atoms with Crippen LogP contribution in [0.4, 0.5) is 4.39 Å². The third-order valence-corrected chi connectivity index (χ3v) is 7.60. The van der Waals surface area contributed by atoms with Gasteiger partial charge in [0.05, 0.1) is 10.4 Å². The van der Waals surface area contributed by atoms with Crippen molar-refractivity contribution < 1.29 is 12.8 Å². The zero-order valence-corrected chi connectivity index (χ0v) is 19.5. The van der Waals surface area contributed by atoms with Gasteiger partial charge in [-0.2, -0.15) is 4.31 Å². The molecule has 5 nitrogen and oxygen atoms in total. The summed E-state index contributed by atoms with van der Waals surface area (Å²) in [6, 6.07) is 17.9. The Morgan fingerprint density at radius 1 is 0.848 bits per heavy atom. The molecule has 0 aliphatic carbocycles. The van der Waals surface area contributed by atoms with Crippen molar-refractivity contribution in [1.29, 1.82) is 0 Å². The number of halogens is 1. The first-order valence-electron chi connectivity index (χ1n) is 10.6. The van der Waals surface area contributed by atoms with Gasteiger partial charge in [-0.25, -0.2) is 12.8 Å². The second kappa shape index (κ2) is 8.92. The molecule has 0 saturated heterocycles. The third-order valence-electron chi connectivity index (χ3n) is 5.80. The molecule has 7 heteroatoms. The second-order valence-electron chi connectivity index (χ2n) is 8.32. The number of hydrogen-bond acceptors (Lipinski definition) is 3. The highest BCUT2D eigenvalue weighted by atomic mass is 32.2. The molecule has 170 valence electrons. The normalized spacial score (nSPS) is 11.9. The third kappa shape index (κ3) is 4.74. The number of hydrogen-bond donors (Lipinski definition) is 1. The molecule has 0 unspecified atom stereocenters. The minimum Gasteiger partial charge on any atom is -0.321 e. The maximum absolute atomic E-state index is 13.5. The van der Waals surface area contributed by atoms with E-state index in [1.807, 2.05) is 57.2 Å². The van der Waals surface area contributed by atoms with Crippen molar-refractivity contribution in [2.75, 3.05) is 0 Å². The molecule has 33 heavy (non-hydrogen) atoms. The van der Waals surface area contributed by atoms with E-state index in [0.717, 1.165) is 45.3 Å². The molecule has 0 atom stereocenters. The number of aryl methyl sites for hydroxylation is 3. The van der Waals surface area contributed by atoms with Crippen molar-refractivity contribution in [2.24, 2.45) is 0 Å². The Morgan fingerprint density at radius 3 is 2.15 bits per heavy atom. The van der Waals surface area contributed by atoms with Crippen LogP contribution in [0.25, 0.3) is 10.9 Å². The minimum absolute atomic E-state index is 0.0275. The van der Waals surface area contributed by atoms with Crippen molar-refractivity contribution in [3.8, 4) is 0 Å². The van der Waals surface area contributed by atoms with E-state index in [0.29, 0.717) is 5.56 Å². The summed E-state index contributed by atoms with van der Waals surface area (Å²) in [6.07, 6.45) is 0. The minimum atomic E-state index is -4.00. The molecule has 0 spiro atoms. The Kier molecular flexibility index (Phi) is 6.19. The van der Waals surface area contributed by atoms with Crippen LogP contribution in [0.3, 0.4) is 0 Å². The van der Waals surface area contributed by atoms with Gasteiger partial charge in [0.25, 0.3) is 5.56 Å². The summed E-state index contributed by atoms with van der Waals surface area (Å²) < 4.78 is 41.7. The zero-order chi connectivity index (χ0) is 23.8. The van der Waals surface area contributed by atoms with Crippen LogP contribution in [-0.2, 0) is 23.1 Å². The van der Waals surface area contributed by atoms with Gasteiger partial charge in [-0.05, 0) is 67.8 Å². The molecular formula is C26H25FN2O3S. The highest BCUT2D eigenvalue weighted by molar-refractivity contribution is 7.89. The van der Waals surface area contributed by atoms with Crippen LogP contribution in [0.15, 0.2) is 76.4 Å². The summed E-state index contributed by atoms with van der Waals surface area (Å²) in [5, 5.41) is 0.874. The average Bonchev–Trinajstić information content (AvgIpc) is 2.78. The SMILES string of the molecule is Cc1ccc(CN(Cc2cc3c(C)ccc(C)c3[nH]c2=O)S(=O)(=O)c2ccc(F)cc2)cc1. The largest absolute Gasteiger partial charge is 0.321 e. The van der Waals surface area contributed by atoms with Crippen LogP contribution in [0.2, 0.25) is 0 Å². The van der Waals surface area contributed by atoms with Crippen LogP contribution in [-0.4, -0.2) is 17.7 Å². The number of benzene rings is 3. The summed E-state index contributed by atoms with van der Waals surface area (Å²) in [5.41, 5.74) is 4.52. The van der Waals surface area contributed by atoms with E-state index < -0.39 is 15.8 Å². The summed E-state index contributed by atoms with van der Waals surface area (Å²) in [4.78, 5) is 15.8. The number of H-pyrrole nitrogens is 1. The van der Waals surface area contributed by atoms with E-state index in [1.165, 1.54) is 16.4 Å². The van der Waals surface area contributed by atoms with Gasteiger partial charge in [-0.15, -0.1) is 0 Å². The molecule has 4 aromatic rings. The standard InChI is InChI=1S/C26H25FN2O3S/c1-17-4-8-20(9-5-17)15-29(33(31,32)23-12-10-22(27)11-13-23)16-21-14-24-18(2)6-7-19(3)25(24)28-26(21)30/h4-14H,15-16H2,1-3H3,(H,28,30). The summed E-state index contributed by atoms with van der Waals surface area (Å²) in [7, 11) is -4.00. The van der Waals surface area contributed by atoms with Gasteiger partial charge in [-0.3, -0.25) is 4.79 Å². The predicted octanol–water partition coefficient (Wildman–Crippen LogP) is 4.98. The van der Waals surface area contributed by atoms with Crippen molar-refractivity contribution in [2.45, 2.75) is 38.8 Å². The predicted molar refractivity (Wildman–Crippen MR) is 128 cm³/mol. The number of rotatable bonds is 6. The summed E-state index contributed by atoms with van der Waals surface area (Å²) >= 11 is 0. The molecule has 0 aliphatic rings. The maximum atomic E-state index is 13.5. The molecule has 4 rings (SSSR count). The first-order chi connectivity index (χ1) is 15.6. The highest BCUT2D eigenvalue weighted by Gasteiger charge is 2.26. The van der Waals surface area contributed by atoms with Crippen molar-refractivity contribution in [3.05, 3.63) is 111 Å². The molecule has 3 aromatic carbocycles. The van der Waals surface area contributed by atoms with Crippen LogP contribution < -0.4 is 5.56 Å². The molecule has 0 saturated carbocycles. The molecular weight excluding hydrogens is 439 g/mol. The van der Waals surface area contributed by atoms with Gasteiger partial charge < -0.3 is 4.98 Å². The van der Waals surface area contributed by atoms with Gasteiger partial charge in [0.15, 0.2) is 0 Å². The van der Waals surface area contributed by atoms with Gasteiger partial charge in [0.1, 0.15) is 5.82 Å². The lowest BCUT2D eigenvalue weighted by molar-refractivity contribution is 0.399. The summed E-state index contributed by atoms with van der Waals surface area (Å²) in [6.45, 7) is 5.77. The van der Waals surface area contributed by atoms with E-state index >= 15 is 0 Å². The average molecular weight is 465 g/mol. The monoisotopic (exact) mass is 464 g/mol. The summed E-state index contributed by atoms with van der Waals surface area (Å²) in [5.74, 6) is -0.518. The van der Waals surface area contributed by atoms with Gasteiger partial charge in [-0.1, -0.05) is 42.0 Å². The van der Waals surface area contributed by atoms with Gasteiger partial charge >= 0.3 is 0 Å². The maximum Gasteiger partial charge on any atom is 0.252 e. The number of aromatic nitrogens is 1. The van der Waals surface area contributed by atoms with Crippen molar-refractivity contribution in [3.63, 3.8) is 0 Å². The van der Waals surface area contributed by atoms with Crippen LogP contribution in [0.1, 0.15) is 27.8 Å². The highest BCUT2D eigenvalue weighted by Crippen LogP contribution is 2.24. The lowest BCUT2D eigenvalue weighted by atomic mass is 10.0. The molecule has 1 heterocycles. The number of pyridine rings is 1. The molecule has 1 N–H and O–H groups in total. The lowest BCUT2D eigenvalue weighted by Crippen LogP contribution is -2.32. The van der Waals surface area contributed by atoms with E-state index in [2.05, 4.69) is 4.98 Å². The van der Waals surface area contributed by atoms with E-state index in [9.17, 15) is 17.6 Å². The number of sulfonamides is 1. The smallest absolute Gasteiger partial charge is 0.252 e. The number of nitrogens with one attached hydrogen (secondary N) is 1. The van der Waals surface area contributed by atoms with Crippen LogP contribution in [0, 0.1) is 26.6 Å². The Hall–Kier alpha value is -3.29. The van der Waals surface area contributed by atoms with Gasteiger partial charge in [0.2, 0.25) is 10.0 Å². The van der Waals surface area contributed by atoms with E-state index in [1.54, 1.807) is 6.07 Å². The second-order valence-corrected chi connectivity index (χ2v) is 10.3. The molecule has 1 aromatic heterocycles. The van der Waals surface area contributed by atoms with Crippen molar-refractivity contribution >= 4 is 20.9 Å². The van der Waals surface area contributed by atoms with Crippen LogP contribution in [0.5, 0.6) is 0 Å². The number of nitrogens with zero attached hydrogens (tertiary/aromatic N) is 1. The van der Waals surface area contributed by atoms with Crippen LogP contribution >= 0.6 is 0 Å². The fourth-order valence-corrected chi connectivity index (χ4v) is 5.21. The van der Waals surface area contributed by atoms with E-state index in [4.69, 9.17) is 0 Å². The molecule has 0 fully saturated rings. The van der Waals surface area contributed by atoms with Crippen molar-refractivity contribution in [1.82, 2.24) is 9.29 Å².